The number of fused-ring (bicyclic) bond motifs is 1. The van der Waals surface area contributed by atoms with E-state index >= 15 is 0 Å². The molecule has 7 heteroatoms. The van der Waals surface area contributed by atoms with Crippen molar-refractivity contribution >= 4 is 29.0 Å². The number of hydrogen-bond donors (Lipinski definition) is 2. The van der Waals surface area contributed by atoms with E-state index in [-0.39, 0.29) is 6.10 Å². The number of allylic oxidation sites excluding steroid dienone is 3. The summed E-state index contributed by atoms with van der Waals surface area (Å²) >= 11 is 0. The quantitative estimate of drug-likeness (QED) is 0.515. The molecule has 7 nitrogen and oxygen atoms in total. The number of pyridine rings is 2. The zero-order chi connectivity index (χ0) is 20.2. The van der Waals surface area contributed by atoms with Crippen LogP contribution in [0.1, 0.15) is 25.5 Å². The van der Waals surface area contributed by atoms with Crippen molar-refractivity contribution in [2.45, 2.75) is 25.9 Å². The van der Waals surface area contributed by atoms with E-state index in [2.05, 4.69) is 31.8 Å². The number of hydrogen-bond acceptors (Lipinski definition) is 6. The van der Waals surface area contributed by atoms with Crippen LogP contribution in [0, 0.1) is 0 Å². The Balaban J connectivity index is 1.68. The average Bonchev–Trinajstić information content (AvgIpc) is 3.18. The first kappa shape index (κ1) is 19.0. The summed E-state index contributed by atoms with van der Waals surface area (Å²) in [6.07, 6.45) is 8.56. The Hall–Kier alpha value is -3.32. The van der Waals surface area contributed by atoms with Gasteiger partial charge in [0.25, 0.3) is 0 Å². The van der Waals surface area contributed by atoms with Crippen molar-refractivity contribution in [3.05, 3.63) is 54.5 Å². The Morgan fingerprint density at radius 3 is 2.97 bits per heavy atom. The maximum Gasteiger partial charge on any atom is 0.129 e. The van der Waals surface area contributed by atoms with E-state index in [1.165, 1.54) is 0 Å². The molecule has 0 bridgehead atoms. The molecule has 3 aromatic heterocycles. The summed E-state index contributed by atoms with van der Waals surface area (Å²) < 4.78 is 0. The highest BCUT2D eigenvalue weighted by atomic mass is 16.3. The number of anilines is 1. The Bertz CT molecular complexity index is 1080. The lowest BCUT2D eigenvalue weighted by Gasteiger charge is -2.30. The van der Waals surface area contributed by atoms with Crippen LogP contribution < -0.4 is 4.90 Å². The van der Waals surface area contributed by atoms with Gasteiger partial charge in [-0.2, -0.15) is 5.10 Å². The van der Waals surface area contributed by atoms with Crippen molar-refractivity contribution < 1.29 is 5.11 Å². The number of rotatable bonds is 5. The third-order valence-electron chi connectivity index (χ3n) is 5.15. The number of aliphatic hydroxyl groups is 1. The average molecular weight is 388 g/mol. The van der Waals surface area contributed by atoms with E-state index in [0.29, 0.717) is 0 Å². The number of aliphatic imine (C=N–C) groups is 1. The van der Waals surface area contributed by atoms with Crippen LogP contribution in [-0.2, 0) is 0 Å². The summed E-state index contributed by atoms with van der Waals surface area (Å²) in [5, 5.41) is 18.3. The van der Waals surface area contributed by atoms with Gasteiger partial charge in [0.15, 0.2) is 0 Å². The molecule has 0 radical (unpaired) electrons. The molecule has 0 unspecified atom stereocenters. The van der Waals surface area contributed by atoms with Crippen molar-refractivity contribution in [1.29, 1.82) is 0 Å². The molecule has 1 aliphatic heterocycles. The highest BCUT2D eigenvalue weighted by Gasteiger charge is 2.19. The lowest BCUT2D eigenvalue weighted by Crippen LogP contribution is -2.36. The van der Waals surface area contributed by atoms with Gasteiger partial charge in [-0.15, -0.1) is 0 Å². The van der Waals surface area contributed by atoms with Gasteiger partial charge in [0.2, 0.25) is 0 Å². The highest BCUT2D eigenvalue weighted by Crippen LogP contribution is 2.28. The molecule has 1 saturated heterocycles. The van der Waals surface area contributed by atoms with Gasteiger partial charge in [-0.25, -0.2) is 4.98 Å². The number of aromatic amines is 1. The summed E-state index contributed by atoms with van der Waals surface area (Å²) in [5.41, 5.74) is 4.38. The number of nitrogens with zero attached hydrogens (tertiary/aromatic N) is 5. The smallest absolute Gasteiger partial charge is 0.129 e. The molecule has 1 aliphatic rings. The van der Waals surface area contributed by atoms with Crippen molar-refractivity contribution in [2.24, 2.45) is 4.99 Å². The van der Waals surface area contributed by atoms with E-state index in [1.807, 2.05) is 43.3 Å². The normalized spacial score (nSPS) is 16.1. The summed E-state index contributed by atoms with van der Waals surface area (Å²) in [6.45, 7) is 7.06. The largest absolute Gasteiger partial charge is 0.393 e. The van der Waals surface area contributed by atoms with Gasteiger partial charge in [-0.1, -0.05) is 12.1 Å². The molecule has 0 amide bonds. The van der Waals surface area contributed by atoms with Crippen molar-refractivity contribution in [1.82, 2.24) is 20.2 Å². The van der Waals surface area contributed by atoms with Crippen LogP contribution in [0.25, 0.3) is 27.9 Å². The number of aromatic nitrogens is 4. The Morgan fingerprint density at radius 1 is 1.34 bits per heavy atom. The van der Waals surface area contributed by atoms with Crippen LogP contribution in [0.3, 0.4) is 0 Å². The first-order valence-corrected chi connectivity index (χ1v) is 9.70. The number of piperidine rings is 1. The predicted octanol–water partition coefficient (Wildman–Crippen LogP) is 3.60. The van der Waals surface area contributed by atoms with Crippen LogP contribution >= 0.6 is 0 Å². The maximum atomic E-state index is 9.75. The molecule has 148 valence electrons. The second kappa shape index (κ2) is 8.36. The minimum absolute atomic E-state index is 0.205. The standard InChI is InChI=1S/C22H24N6O/c1-15(5-4-10-23-2)19-13-17-20(14-24-19)26-27-22(17)18-6-3-7-21(25-18)28-11-8-16(29)9-12-28/h3-7,10,13-14,16,29H,2,8-9,11-12H2,1H3,(H,26,27)/b10-4-,15-5+. The third kappa shape index (κ3) is 4.09. The summed E-state index contributed by atoms with van der Waals surface area (Å²) in [7, 11) is 0. The molecular formula is C22H24N6O. The molecule has 4 rings (SSSR count). The molecule has 0 saturated carbocycles. The lowest BCUT2D eigenvalue weighted by atomic mass is 10.1. The minimum Gasteiger partial charge on any atom is -0.393 e. The Kier molecular flexibility index (Phi) is 5.48. The van der Waals surface area contributed by atoms with E-state index in [4.69, 9.17) is 4.98 Å². The molecule has 0 aliphatic carbocycles. The second-order valence-corrected chi connectivity index (χ2v) is 7.16. The van der Waals surface area contributed by atoms with E-state index in [9.17, 15) is 5.11 Å². The van der Waals surface area contributed by atoms with Crippen molar-refractivity contribution in [3.63, 3.8) is 0 Å². The van der Waals surface area contributed by atoms with Crippen LogP contribution in [0.5, 0.6) is 0 Å². The van der Waals surface area contributed by atoms with E-state index in [0.717, 1.165) is 65.3 Å². The van der Waals surface area contributed by atoms with Gasteiger partial charge in [0.05, 0.1) is 29.2 Å². The third-order valence-corrected chi connectivity index (χ3v) is 5.15. The van der Waals surface area contributed by atoms with Gasteiger partial charge >= 0.3 is 0 Å². The first-order valence-electron chi connectivity index (χ1n) is 9.70. The van der Waals surface area contributed by atoms with Gasteiger partial charge in [-0.3, -0.25) is 15.1 Å². The fourth-order valence-electron chi connectivity index (χ4n) is 3.49. The molecule has 29 heavy (non-hydrogen) atoms. The zero-order valence-corrected chi connectivity index (χ0v) is 16.4. The minimum atomic E-state index is -0.205. The Morgan fingerprint density at radius 2 is 2.17 bits per heavy atom. The molecule has 4 heterocycles. The second-order valence-electron chi connectivity index (χ2n) is 7.16. The van der Waals surface area contributed by atoms with Gasteiger partial charge < -0.3 is 10.0 Å². The Labute approximate surface area is 169 Å². The highest BCUT2D eigenvalue weighted by molar-refractivity contribution is 5.93. The molecular weight excluding hydrogens is 364 g/mol. The van der Waals surface area contributed by atoms with Gasteiger partial charge in [-0.05, 0) is 56.3 Å². The van der Waals surface area contributed by atoms with Gasteiger partial charge in [0, 0.05) is 24.7 Å². The monoisotopic (exact) mass is 388 g/mol. The fourth-order valence-corrected chi connectivity index (χ4v) is 3.49. The number of aliphatic hydroxyl groups excluding tert-OH is 1. The first-order chi connectivity index (χ1) is 14.2. The summed E-state index contributed by atoms with van der Waals surface area (Å²) in [6, 6.07) is 8.01. The van der Waals surface area contributed by atoms with Crippen LogP contribution in [0.4, 0.5) is 5.82 Å². The molecule has 3 aromatic rings. The zero-order valence-electron chi connectivity index (χ0n) is 16.4. The van der Waals surface area contributed by atoms with Crippen molar-refractivity contribution in [3.8, 4) is 11.4 Å². The van der Waals surface area contributed by atoms with Gasteiger partial charge in [0.1, 0.15) is 11.5 Å². The SMILES string of the molecule is C=N/C=C\C=C(/C)c1cc2c(-c3cccc(N4CCC(O)CC4)n3)n[nH]c2cn1. The predicted molar refractivity (Wildman–Crippen MR) is 117 cm³/mol. The molecule has 2 N–H and O–H groups in total. The lowest BCUT2D eigenvalue weighted by molar-refractivity contribution is 0.145. The van der Waals surface area contributed by atoms with Crippen molar-refractivity contribution in [2.75, 3.05) is 18.0 Å². The summed E-state index contributed by atoms with van der Waals surface area (Å²) in [5.74, 6) is 0.915. The van der Waals surface area contributed by atoms with E-state index < -0.39 is 0 Å². The van der Waals surface area contributed by atoms with Crippen LogP contribution in [0.15, 0.2) is 53.8 Å². The maximum absolute atomic E-state index is 9.75. The topological polar surface area (TPSA) is 90.3 Å². The molecule has 1 fully saturated rings. The van der Waals surface area contributed by atoms with Crippen LogP contribution in [-0.4, -0.2) is 51.2 Å². The number of H-pyrrole nitrogens is 1. The number of nitrogens with one attached hydrogen (secondary N) is 1. The molecule has 0 spiro atoms. The van der Waals surface area contributed by atoms with E-state index in [1.54, 1.807) is 12.4 Å². The summed E-state index contributed by atoms with van der Waals surface area (Å²) in [4.78, 5) is 15.3. The van der Waals surface area contributed by atoms with Crippen LogP contribution in [0.2, 0.25) is 0 Å². The molecule has 0 atom stereocenters. The molecule has 0 aromatic carbocycles. The fraction of sp³-hybridized carbons (Fsp3) is 0.273.